The number of nitrogens with one attached hydrogen (secondary N) is 5. The first-order valence-corrected chi connectivity index (χ1v) is 37.2. The van der Waals surface area contributed by atoms with Crippen LogP contribution in [-0.2, 0) is 67.2 Å². The van der Waals surface area contributed by atoms with Crippen LogP contribution < -0.4 is 101 Å². The number of guanidine groups is 1. The quantitative estimate of drug-likeness (QED) is 0.00963. The zero-order valence-corrected chi connectivity index (χ0v) is 65.4. The molecule has 1 aromatic heterocycles. The Kier molecular flexibility index (Phi) is 45.9. The van der Waals surface area contributed by atoms with E-state index in [-0.39, 0.29) is 140 Å². The van der Waals surface area contributed by atoms with E-state index in [0.29, 0.717) is 81.3 Å². The predicted octanol–water partition coefficient (Wildman–Crippen LogP) is 4.30. The molecule has 0 unspecified atom stereocenters. The number of aromatic hydroxyl groups is 1. The molecule has 2 radical (unpaired) electrons. The Morgan fingerprint density at radius 1 is 0.554 bits per heavy atom. The number of nitrogens with two attached hydrogens (primary N) is 5. The molecule has 27 heteroatoms. The molecule has 1 heterocycles. The number of carboxylic acids is 1. The molecule has 0 bridgehead atoms. The van der Waals surface area contributed by atoms with Crippen LogP contribution in [0, 0.1) is 41.4 Å². The van der Waals surface area contributed by atoms with Crippen LogP contribution in [0.2, 0.25) is 0 Å². The average Bonchev–Trinajstić information content (AvgIpc) is 1.75. The molecule has 0 aliphatic rings. The van der Waals surface area contributed by atoms with Gasteiger partial charge in [0.2, 0.25) is 23.6 Å². The summed E-state index contributed by atoms with van der Waals surface area (Å²) in [6.45, 7) is 9.97. The van der Waals surface area contributed by atoms with Crippen LogP contribution in [0.15, 0.2) is 90.1 Å². The molecule has 0 aliphatic heterocycles. The van der Waals surface area contributed by atoms with E-state index in [4.69, 9.17) is 28.7 Å². The summed E-state index contributed by atoms with van der Waals surface area (Å²) in [5.74, 6) is -11.5. The number of aliphatic imine (C=N–C) groups is 1. The Bertz CT molecular complexity index is 3230. The molecule has 4 rings (SSSR count). The summed E-state index contributed by atoms with van der Waals surface area (Å²) in [6, 6.07) is 17.2. The Labute approximate surface area is 648 Å². The molecule has 4 aromatic rings. The average molecular weight is 1460 g/mol. The summed E-state index contributed by atoms with van der Waals surface area (Å²) >= 11 is 1.45. The van der Waals surface area contributed by atoms with Crippen LogP contribution in [0.5, 0.6) is 5.75 Å². The largest absolute Gasteiger partial charge is 1.00 e. The maximum absolute atomic E-state index is 15.0. The number of hydrogen-bond donors (Lipinski definition) is 12. The number of carbonyl (C=O) groups excluding carboxylic acids is 9. The van der Waals surface area contributed by atoms with Crippen LogP contribution >= 0.6 is 20.9 Å². The Balaban J connectivity index is 0.0000115. The van der Waals surface area contributed by atoms with E-state index in [9.17, 15) is 58.2 Å². The number of phenolic OH excluding ortho intramolecular Hbond substituents is 1. The number of unbranched alkanes of at least 4 members (excludes halogenated alkanes) is 4. The molecular weight excluding hydrogens is 1350 g/mol. The van der Waals surface area contributed by atoms with Gasteiger partial charge in [0.1, 0.15) is 11.5 Å². The fraction of sp³-hybridized carbons (Fsp3) is 0.581. The van der Waals surface area contributed by atoms with Crippen molar-refractivity contribution in [2.45, 2.75) is 200 Å². The molecule has 0 spiro atoms. The maximum atomic E-state index is 15.0. The number of para-hydroxylation sites is 1. The summed E-state index contributed by atoms with van der Waals surface area (Å²) in [5.41, 5.74) is 31.8. The number of Topliss-reactive ketones (excluding diaryl/α,β-unsaturated/α-hetero) is 5. The number of hydrogen-bond acceptors (Lipinski definition) is 16. The Morgan fingerprint density at radius 2 is 1.07 bits per heavy atom. The predicted molar refractivity (Wildman–Crippen MR) is 399 cm³/mol. The van der Waals surface area contributed by atoms with Gasteiger partial charge in [-0.15, -0.1) is 0 Å². The SMILES string of the molecule is CCCCC[C@@H](CC(=O)[C@H](CCCCN)NC(=O)[C@@H](CC(=O)[C@H](CCSC)NC(=O)[C@@H](CC(=O)[C@@H](NC(=O)[C@@H](CC(=O)[C@H](Cc1ccccc1)NC(=O)[C@H](CCCN=C(N)N)CC(=O)[C@H](N)CCCCN)Cc1ccc(O)cc1)C(C)C)C(C)C)Cc1c[nH]c2ccccc12)C(=O)O.[B][PH-].[K+]. The van der Waals surface area contributed by atoms with E-state index in [0.717, 1.165) is 29.3 Å². The minimum Gasteiger partial charge on any atom is -0.606 e. The number of aromatic nitrogens is 1. The van der Waals surface area contributed by atoms with Crippen LogP contribution in [0.25, 0.3) is 10.9 Å². The minimum atomic E-state index is -1.19. The minimum absolute atomic E-state index is 0. The summed E-state index contributed by atoms with van der Waals surface area (Å²) < 4.78 is 0. The normalized spacial score (nSPS) is 14.2. The number of thioether (sulfide) groups is 1. The van der Waals surface area contributed by atoms with Crippen LogP contribution in [0.3, 0.4) is 0 Å². The first-order chi connectivity index (χ1) is 47.8. The topological polar surface area (TPSA) is 418 Å². The van der Waals surface area contributed by atoms with Gasteiger partial charge in [0.05, 0.1) is 36.1 Å². The number of aromatic amines is 1. The fourth-order valence-electron chi connectivity index (χ4n) is 12.2. The number of phenols is 1. The number of amides is 4. The molecule has 17 N–H and O–H groups in total. The number of H-pyrrole nitrogens is 1. The number of aliphatic carboxylic acids is 1. The third-order valence-electron chi connectivity index (χ3n) is 18.2. The van der Waals surface area contributed by atoms with Gasteiger partial charge in [0.15, 0.2) is 29.1 Å². The van der Waals surface area contributed by atoms with Gasteiger partial charge in [-0.2, -0.15) is 19.3 Å². The third kappa shape index (κ3) is 33.8. The van der Waals surface area contributed by atoms with Crippen molar-refractivity contribution in [2.75, 3.05) is 31.6 Å². The smallest absolute Gasteiger partial charge is 0.606 e. The third-order valence-corrected chi connectivity index (χ3v) is 18.8. The molecule has 4 amide bonds. The molecule has 0 fully saturated rings. The van der Waals surface area contributed by atoms with Crippen molar-refractivity contribution in [1.82, 2.24) is 26.3 Å². The van der Waals surface area contributed by atoms with Gasteiger partial charge in [0, 0.05) is 79.4 Å². The van der Waals surface area contributed by atoms with E-state index in [1.54, 1.807) is 76.4 Å². The van der Waals surface area contributed by atoms with Gasteiger partial charge in [-0.05, 0) is 149 Å². The zero-order valence-electron chi connectivity index (χ0n) is 60.5. The van der Waals surface area contributed by atoms with Crippen molar-refractivity contribution < 1.29 is 110 Å². The van der Waals surface area contributed by atoms with Crippen LogP contribution in [0.1, 0.15) is 167 Å². The van der Waals surface area contributed by atoms with Gasteiger partial charge in [-0.25, -0.2) is 0 Å². The number of rotatable bonds is 51. The first kappa shape index (κ1) is 91.4. The second-order valence-corrected chi connectivity index (χ2v) is 27.8. The molecule has 0 saturated carbocycles. The zero-order chi connectivity index (χ0) is 74.3. The number of benzene rings is 3. The fourth-order valence-corrected chi connectivity index (χ4v) is 12.7. The Hall–Kier alpha value is -5.67. The molecule has 3 aromatic carbocycles. The van der Waals surface area contributed by atoms with Crippen LogP contribution in [0.4, 0.5) is 0 Å². The number of carbonyl (C=O) groups is 10. The van der Waals surface area contributed by atoms with E-state index < -0.39 is 131 Å². The molecular formula is C74H112BKN11O12PS. The standard InChI is InChI=1S/C74H111N11O12S.BHP.K/c1-7-8-10-22-51(73(96)97)41-64(88)60(27-16-18-34-76)82-70(93)53(39-54-45-81-59-26-14-13-24-56(54)59)43-65(89)61(32-36-98-6)83-72(95)57(46(2)3)44-67(91)68(47(4)5)85-71(94)52(37-49-28-30-55(86)31-29-49)42-66(90)62(38-48-20-11-9-12-21-48)84-69(92)50(23-19-35-80-74(78)79)40-63(87)58(77)25-15-17-33-75;1-2;/h9,11-14,20-21,24,26,28-31,45-47,50-53,57-58,60-62,68,81,86H,7-8,10,15-19,22-23,25,27,32-44,75-77H2,1-6H3,(H,82,93)(H,83,95)(H,84,92)(H,85,94)(H,96,97)(H4,78,79,80);2H;/q;-1;+1/t50-,51+,52-,53-,57+,58-,60+,61+,62+,68+;;/m1../s1. The van der Waals surface area contributed by atoms with Crippen molar-refractivity contribution in [1.29, 1.82) is 0 Å². The number of nitrogens with zero attached hydrogens (tertiary/aromatic N) is 1. The molecule has 0 aliphatic carbocycles. The number of ketones is 5. The van der Waals surface area contributed by atoms with Gasteiger partial charge in [-0.1, -0.05) is 121 Å². The van der Waals surface area contributed by atoms with Gasteiger partial charge in [0.25, 0.3) is 0 Å². The van der Waals surface area contributed by atoms with E-state index in [1.807, 2.05) is 37.4 Å². The van der Waals surface area contributed by atoms with Crippen LogP contribution in [-0.4, -0.2) is 149 Å². The summed E-state index contributed by atoms with van der Waals surface area (Å²) in [6.07, 6.45) is 8.28. The monoisotopic (exact) mass is 1460 g/mol. The van der Waals surface area contributed by atoms with E-state index >= 15 is 0 Å². The van der Waals surface area contributed by atoms with Crippen molar-refractivity contribution >= 4 is 104 Å². The molecule has 10 atom stereocenters. The van der Waals surface area contributed by atoms with Gasteiger partial charge >= 0.3 is 57.4 Å². The van der Waals surface area contributed by atoms with Gasteiger partial charge in [-0.3, -0.25) is 52.9 Å². The second kappa shape index (κ2) is 50.7. The van der Waals surface area contributed by atoms with Crippen molar-refractivity contribution in [3.63, 3.8) is 0 Å². The van der Waals surface area contributed by atoms with Crippen molar-refractivity contribution in [2.24, 2.45) is 75.1 Å². The Morgan fingerprint density at radius 3 is 1.66 bits per heavy atom. The maximum Gasteiger partial charge on any atom is 1.00 e. The molecule has 101 heavy (non-hydrogen) atoms. The number of fused-ring (bicyclic) bond motifs is 1. The summed E-state index contributed by atoms with van der Waals surface area (Å²) in [7, 11) is 6.78. The second-order valence-electron chi connectivity index (χ2n) is 26.8. The summed E-state index contributed by atoms with van der Waals surface area (Å²) in [4.78, 5) is 151. The van der Waals surface area contributed by atoms with Gasteiger partial charge < -0.3 is 74.3 Å². The van der Waals surface area contributed by atoms with E-state index in [1.165, 1.54) is 23.9 Å². The first-order valence-electron chi connectivity index (χ1n) is 35.2. The molecule has 0 saturated heterocycles. The van der Waals surface area contributed by atoms with E-state index in [2.05, 4.69) is 47.9 Å². The number of carboxylic acid groups (broad SMARTS) is 1. The van der Waals surface area contributed by atoms with Crippen molar-refractivity contribution in [3.8, 4) is 5.75 Å². The molecule has 550 valence electrons. The van der Waals surface area contributed by atoms with Crippen molar-refractivity contribution in [3.05, 3.63) is 102 Å². The molecule has 23 nitrogen and oxygen atoms in total. The summed E-state index contributed by atoms with van der Waals surface area (Å²) in [5, 5.41) is 32.9.